The van der Waals surface area contributed by atoms with Gasteiger partial charge in [-0.3, -0.25) is 9.59 Å². The summed E-state index contributed by atoms with van der Waals surface area (Å²) in [5.41, 5.74) is 1.94. The number of carbonyl (C=O) groups excluding carboxylic acids is 1. The van der Waals surface area contributed by atoms with Crippen LogP contribution in [0.25, 0.3) is 12.2 Å². The van der Waals surface area contributed by atoms with E-state index in [2.05, 4.69) is 35.9 Å². The Kier molecular flexibility index (Phi) is 6.66. The molecule has 6 heteroatoms. The van der Waals surface area contributed by atoms with E-state index in [-0.39, 0.29) is 17.1 Å². The summed E-state index contributed by atoms with van der Waals surface area (Å²) in [4.78, 5) is 29.4. The predicted octanol–water partition coefficient (Wildman–Crippen LogP) is 3.15. The lowest BCUT2D eigenvalue weighted by Gasteiger charge is -2.23. The van der Waals surface area contributed by atoms with Crippen LogP contribution in [0.1, 0.15) is 42.8 Å². The zero-order valence-corrected chi connectivity index (χ0v) is 16.9. The molecule has 0 aliphatic rings. The van der Waals surface area contributed by atoms with Crippen molar-refractivity contribution in [1.82, 2.24) is 4.98 Å². The van der Waals surface area contributed by atoms with E-state index < -0.39 is 0 Å². The largest absolute Gasteiger partial charge is 0.461 e. The fourth-order valence-electron chi connectivity index (χ4n) is 2.98. The quantitative estimate of drug-likeness (QED) is 0.594. The molecule has 0 saturated carbocycles. The van der Waals surface area contributed by atoms with E-state index in [1.807, 2.05) is 18.2 Å². The standard InChI is InChI=1S/C22H24N2O3S/c1-3-11-24(12-4-2)17-9-7-16(8-10-17)14-20-22(26)23-21(28-20)15-18(25)19-6-5-13-27-19/h5-10,13-15H,3-4,11-12H2,1-2H3,(H,23,26)/b20-14-,21-15-. The number of aromatic nitrogens is 1. The van der Waals surface area contributed by atoms with Crippen LogP contribution in [-0.2, 0) is 0 Å². The molecule has 0 fully saturated rings. The number of nitrogens with zero attached hydrogens (tertiary/aromatic N) is 1. The molecule has 3 rings (SSSR count). The Morgan fingerprint density at radius 2 is 1.86 bits per heavy atom. The molecule has 0 bridgehead atoms. The van der Waals surface area contributed by atoms with E-state index in [0.717, 1.165) is 31.5 Å². The van der Waals surface area contributed by atoms with Gasteiger partial charge in [-0.2, -0.15) is 0 Å². The summed E-state index contributed by atoms with van der Waals surface area (Å²) in [5, 5.41) is 0. The molecule has 0 atom stereocenters. The summed E-state index contributed by atoms with van der Waals surface area (Å²) in [5.74, 6) is -0.0237. The first-order valence-electron chi connectivity index (χ1n) is 9.46. The highest BCUT2D eigenvalue weighted by molar-refractivity contribution is 7.07. The van der Waals surface area contributed by atoms with Gasteiger partial charge in [0.1, 0.15) is 0 Å². The van der Waals surface area contributed by atoms with Gasteiger partial charge in [-0.05, 0) is 48.7 Å². The van der Waals surface area contributed by atoms with E-state index in [1.165, 1.54) is 29.4 Å². The maximum Gasteiger partial charge on any atom is 0.266 e. The molecule has 0 amide bonds. The van der Waals surface area contributed by atoms with Gasteiger partial charge in [0, 0.05) is 24.9 Å². The third-order valence-electron chi connectivity index (χ3n) is 4.25. The molecule has 0 spiro atoms. The average Bonchev–Trinajstić information content (AvgIpc) is 3.33. The number of nitrogens with one attached hydrogen (secondary N) is 1. The molecule has 0 aliphatic carbocycles. The van der Waals surface area contributed by atoms with Crippen LogP contribution < -0.4 is 19.7 Å². The zero-order valence-electron chi connectivity index (χ0n) is 16.1. The van der Waals surface area contributed by atoms with Crippen molar-refractivity contribution in [3.8, 4) is 0 Å². The number of thiazole rings is 1. The van der Waals surface area contributed by atoms with Crippen molar-refractivity contribution in [1.29, 1.82) is 0 Å². The number of hydrogen-bond acceptors (Lipinski definition) is 5. The Balaban J connectivity index is 1.85. The number of furan rings is 1. The maximum atomic E-state index is 12.2. The van der Waals surface area contributed by atoms with Crippen LogP contribution in [0.15, 0.2) is 51.9 Å². The van der Waals surface area contributed by atoms with E-state index in [9.17, 15) is 9.59 Å². The Bertz CT molecular complexity index is 1070. The molecule has 1 aromatic carbocycles. The molecule has 0 saturated heterocycles. The molecular weight excluding hydrogens is 372 g/mol. The van der Waals surface area contributed by atoms with E-state index in [0.29, 0.717) is 9.20 Å². The lowest BCUT2D eigenvalue weighted by molar-refractivity contribution is 0.103. The Labute approximate surface area is 167 Å². The molecule has 5 nitrogen and oxygen atoms in total. The van der Waals surface area contributed by atoms with Gasteiger partial charge in [0.05, 0.1) is 15.5 Å². The number of Topliss-reactive ketones (excluding diaryl/α,β-unsaturated/α-hetero) is 1. The number of H-pyrrole nitrogens is 1. The SMILES string of the molecule is CCCN(CCC)c1ccc(/C=c2\s/c(=C\C(=O)c3ccco3)[nH]c2=O)cc1. The molecule has 0 radical (unpaired) electrons. The van der Waals surface area contributed by atoms with Crippen molar-refractivity contribution in [3.05, 3.63) is 73.5 Å². The van der Waals surface area contributed by atoms with Crippen LogP contribution in [0, 0.1) is 0 Å². The summed E-state index contributed by atoms with van der Waals surface area (Å²) in [7, 11) is 0. The van der Waals surface area contributed by atoms with Gasteiger partial charge in [0.25, 0.3) is 5.56 Å². The van der Waals surface area contributed by atoms with Gasteiger partial charge >= 0.3 is 0 Å². The minimum absolute atomic E-state index is 0.203. The normalized spacial score (nSPS) is 12.5. The van der Waals surface area contributed by atoms with Crippen LogP contribution in [0.5, 0.6) is 0 Å². The average molecular weight is 397 g/mol. The first kappa shape index (κ1) is 19.9. The first-order chi connectivity index (χ1) is 13.6. The lowest BCUT2D eigenvalue weighted by Crippen LogP contribution is -2.24. The van der Waals surface area contributed by atoms with E-state index >= 15 is 0 Å². The highest BCUT2D eigenvalue weighted by Crippen LogP contribution is 2.16. The monoisotopic (exact) mass is 396 g/mol. The second-order valence-electron chi connectivity index (χ2n) is 6.49. The third-order valence-corrected chi connectivity index (χ3v) is 5.21. The third kappa shape index (κ3) is 4.89. The number of benzene rings is 1. The van der Waals surface area contributed by atoms with Gasteiger partial charge in [0.15, 0.2) is 5.76 Å². The van der Waals surface area contributed by atoms with Gasteiger partial charge in [-0.15, -0.1) is 11.3 Å². The Morgan fingerprint density at radius 3 is 2.46 bits per heavy atom. The van der Waals surface area contributed by atoms with Crippen LogP contribution in [-0.4, -0.2) is 23.9 Å². The molecule has 28 heavy (non-hydrogen) atoms. The Morgan fingerprint density at radius 1 is 1.14 bits per heavy atom. The van der Waals surface area contributed by atoms with Crippen molar-refractivity contribution in [2.24, 2.45) is 0 Å². The molecule has 2 aromatic heterocycles. The molecule has 1 N–H and O–H groups in total. The Hall–Kier alpha value is -2.86. The summed E-state index contributed by atoms with van der Waals surface area (Å²) >= 11 is 1.25. The molecular formula is C22H24N2O3S. The maximum absolute atomic E-state index is 12.2. The number of anilines is 1. The first-order valence-corrected chi connectivity index (χ1v) is 10.3. The second-order valence-corrected chi connectivity index (χ2v) is 7.58. The smallest absolute Gasteiger partial charge is 0.266 e. The molecule has 146 valence electrons. The summed E-state index contributed by atoms with van der Waals surface area (Å²) in [6, 6.07) is 11.5. The lowest BCUT2D eigenvalue weighted by atomic mass is 10.2. The fourth-order valence-corrected chi connectivity index (χ4v) is 3.86. The number of hydrogen-bond donors (Lipinski definition) is 1. The van der Waals surface area contributed by atoms with Gasteiger partial charge in [-0.1, -0.05) is 26.0 Å². The highest BCUT2D eigenvalue weighted by atomic mass is 32.1. The van der Waals surface area contributed by atoms with Crippen molar-refractivity contribution in [2.45, 2.75) is 26.7 Å². The zero-order chi connectivity index (χ0) is 19.9. The fraction of sp³-hybridized carbons (Fsp3) is 0.273. The van der Waals surface area contributed by atoms with Gasteiger partial charge in [0.2, 0.25) is 5.78 Å². The van der Waals surface area contributed by atoms with Crippen LogP contribution in [0.3, 0.4) is 0 Å². The molecule has 0 aliphatic heterocycles. The van der Waals surface area contributed by atoms with Crippen molar-refractivity contribution in [3.63, 3.8) is 0 Å². The van der Waals surface area contributed by atoms with Crippen molar-refractivity contribution in [2.75, 3.05) is 18.0 Å². The minimum Gasteiger partial charge on any atom is -0.461 e. The molecule has 0 unspecified atom stereocenters. The summed E-state index contributed by atoms with van der Waals surface area (Å²) < 4.78 is 6.15. The number of ketones is 1. The summed E-state index contributed by atoms with van der Waals surface area (Å²) in [6.07, 6.45) is 6.89. The van der Waals surface area contributed by atoms with Crippen molar-refractivity contribution >= 4 is 35.0 Å². The van der Waals surface area contributed by atoms with E-state index in [1.54, 1.807) is 12.1 Å². The second kappa shape index (κ2) is 9.37. The van der Waals surface area contributed by atoms with Crippen LogP contribution >= 0.6 is 11.3 Å². The van der Waals surface area contributed by atoms with Crippen molar-refractivity contribution < 1.29 is 9.21 Å². The van der Waals surface area contributed by atoms with E-state index in [4.69, 9.17) is 4.42 Å². The van der Waals surface area contributed by atoms with Gasteiger partial charge < -0.3 is 14.3 Å². The van der Waals surface area contributed by atoms with Crippen LogP contribution in [0.4, 0.5) is 5.69 Å². The molecule has 2 heterocycles. The number of aromatic amines is 1. The highest BCUT2D eigenvalue weighted by Gasteiger charge is 2.06. The topological polar surface area (TPSA) is 66.3 Å². The number of rotatable bonds is 8. The summed E-state index contributed by atoms with van der Waals surface area (Å²) in [6.45, 7) is 6.42. The molecule has 3 aromatic rings. The van der Waals surface area contributed by atoms with Crippen LogP contribution in [0.2, 0.25) is 0 Å². The predicted molar refractivity (Wildman–Crippen MR) is 114 cm³/mol. The number of carbonyl (C=O) groups is 1. The minimum atomic E-state index is -0.273. The van der Waals surface area contributed by atoms with Gasteiger partial charge in [-0.25, -0.2) is 0 Å².